The van der Waals surface area contributed by atoms with Crippen molar-refractivity contribution in [3.05, 3.63) is 34.4 Å². The smallest absolute Gasteiger partial charge is 0.325 e. The van der Waals surface area contributed by atoms with Crippen LogP contribution < -0.4 is 16.0 Å². The highest BCUT2D eigenvalue weighted by atomic mass is 16.7. The number of carbonyl (C=O) groups excluding carboxylic acids is 4. The average Bonchev–Trinajstić information content (AvgIpc) is 3.13. The Kier molecular flexibility index (Phi) is 6.62. The lowest BCUT2D eigenvalue weighted by atomic mass is 9.82. The molecule has 3 heterocycles. The maximum atomic E-state index is 12.5. The quantitative estimate of drug-likeness (QED) is 0.428. The Bertz CT molecular complexity index is 894. The van der Waals surface area contributed by atoms with Crippen LogP contribution in [-0.4, -0.2) is 54.9 Å². The minimum Gasteiger partial charge on any atom is -0.368 e. The van der Waals surface area contributed by atoms with Crippen LogP contribution in [0.3, 0.4) is 0 Å². The molecule has 1 atom stereocenters. The third-order valence-electron chi connectivity index (χ3n) is 6.09. The predicted octanol–water partition coefficient (Wildman–Crippen LogP) is 0.526. The van der Waals surface area contributed by atoms with E-state index < -0.39 is 5.92 Å². The van der Waals surface area contributed by atoms with Crippen molar-refractivity contribution >= 4 is 23.7 Å². The van der Waals surface area contributed by atoms with Crippen LogP contribution >= 0.6 is 0 Å². The van der Waals surface area contributed by atoms with E-state index in [1.807, 2.05) is 6.07 Å². The van der Waals surface area contributed by atoms with E-state index in [1.54, 1.807) is 11.1 Å². The molecular weight excluding hydrogens is 400 g/mol. The molecule has 3 aliphatic heterocycles. The highest BCUT2D eigenvalue weighted by molar-refractivity contribution is 6.03. The molecule has 0 radical (unpaired) electrons. The lowest BCUT2D eigenvalue weighted by Gasteiger charge is -2.26. The van der Waals surface area contributed by atoms with E-state index >= 15 is 0 Å². The lowest BCUT2D eigenvalue weighted by Crippen LogP contribution is -2.44. The first-order valence-corrected chi connectivity index (χ1v) is 11.0. The molecule has 3 N–H and O–H groups in total. The number of nitrogens with zero attached hydrogens (tertiary/aromatic N) is 1. The van der Waals surface area contributed by atoms with E-state index in [2.05, 4.69) is 16.0 Å². The van der Waals surface area contributed by atoms with Crippen molar-refractivity contribution in [3.63, 3.8) is 0 Å². The number of imide groups is 1. The summed E-state index contributed by atoms with van der Waals surface area (Å²) in [5.41, 5.74) is 3.32. The van der Waals surface area contributed by atoms with Gasteiger partial charge in [-0.25, -0.2) is 0 Å². The van der Waals surface area contributed by atoms with Crippen LogP contribution in [0.2, 0.25) is 0 Å². The Labute approximate surface area is 180 Å². The molecule has 3 amide bonds. The second-order valence-corrected chi connectivity index (χ2v) is 8.20. The average molecular weight is 428 g/mol. The molecular formula is C22H28N4O5. The zero-order valence-electron chi connectivity index (χ0n) is 17.5. The molecule has 1 aromatic carbocycles. The number of hydrogen-bond donors (Lipinski definition) is 3. The summed E-state index contributed by atoms with van der Waals surface area (Å²) in [7, 11) is 0. The van der Waals surface area contributed by atoms with E-state index in [1.165, 1.54) is 0 Å². The topological polar surface area (TPSA) is 117 Å². The summed E-state index contributed by atoms with van der Waals surface area (Å²) in [4.78, 5) is 53.7. The van der Waals surface area contributed by atoms with Crippen LogP contribution in [0.25, 0.3) is 0 Å². The van der Waals surface area contributed by atoms with Crippen LogP contribution in [0.15, 0.2) is 12.1 Å². The van der Waals surface area contributed by atoms with Gasteiger partial charge in [0.05, 0.1) is 5.92 Å². The Morgan fingerprint density at radius 2 is 1.94 bits per heavy atom. The monoisotopic (exact) mass is 428 g/mol. The number of unbranched alkanes of at least 4 members (excludes halogenated alkanes) is 1. The maximum Gasteiger partial charge on any atom is 0.325 e. The van der Waals surface area contributed by atoms with Gasteiger partial charge in [0.15, 0.2) is 0 Å². The van der Waals surface area contributed by atoms with Gasteiger partial charge in [-0.05, 0) is 48.4 Å². The Hall–Kier alpha value is -2.78. The third kappa shape index (κ3) is 4.94. The van der Waals surface area contributed by atoms with Gasteiger partial charge in [-0.15, -0.1) is 5.06 Å². The van der Waals surface area contributed by atoms with Crippen molar-refractivity contribution in [2.24, 2.45) is 0 Å². The number of carbonyl (C=O) groups is 4. The van der Waals surface area contributed by atoms with Crippen molar-refractivity contribution in [1.82, 2.24) is 21.0 Å². The summed E-state index contributed by atoms with van der Waals surface area (Å²) in [6, 6.07) is 3.71. The zero-order chi connectivity index (χ0) is 21.8. The SMILES string of the molecule is O=C1CCC(c2c(CCCCC(=O)ON3CCNCC3)ccc3c2CNC3=O)C(=O)N1. The first-order valence-electron chi connectivity index (χ1n) is 11.0. The van der Waals surface area contributed by atoms with Crippen LogP contribution in [0.5, 0.6) is 0 Å². The van der Waals surface area contributed by atoms with E-state index in [0.29, 0.717) is 57.3 Å². The van der Waals surface area contributed by atoms with Crippen molar-refractivity contribution in [1.29, 1.82) is 0 Å². The van der Waals surface area contributed by atoms with Crippen molar-refractivity contribution in [2.75, 3.05) is 26.2 Å². The molecule has 1 aromatic rings. The van der Waals surface area contributed by atoms with E-state index in [0.717, 1.165) is 36.2 Å². The summed E-state index contributed by atoms with van der Waals surface area (Å²) in [5, 5.41) is 10.2. The van der Waals surface area contributed by atoms with Gasteiger partial charge in [0.25, 0.3) is 5.91 Å². The summed E-state index contributed by atoms with van der Waals surface area (Å²) in [6.45, 7) is 3.41. The number of piperidine rings is 1. The Morgan fingerprint density at radius 1 is 1.13 bits per heavy atom. The number of amides is 3. The molecule has 0 saturated carbocycles. The molecule has 4 rings (SSSR count). The van der Waals surface area contributed by atoms with Crippen molar-refractivity contribution < 1.29 is 24.0 Å². The van der Waals surface area contributed by atoms with Crippen LogP contribution in [0, 0.1) is 0 Å². The van der Waals surface area contributed by atoms with Gasteiger partial charge in [-0.2, -0.15) is 0 Å². The fourth-order valence-corrected chi connectivity index (χ4v) is 4.51. The minimum atomic E-state index is -0.437. The van der Waals surface area contributed by atoms with Gasteiger partial charge in [-0.3, -0.25) is 24.5 Å². The first-order chi connectivity index (χ1) is 15.0. The third-order valence-corrected chi connectivity index (χ3v) is 6.09. The summed E-state index contributed by atoms with van der Waals surface area (Å²) < 4.78 is 0. The number of hydrogen-bond acceptors (Lipinski definition) is 7. The number of hydroxylamine groups is 2. The molecule has 9 nitrogen and oxygen atoms in total. The number of rotatable bonds is 7. The highest BCUT2D eigenvalue weighted by Gasteiger charge is 2.34. The van der Waals surface area contributed by atoms with Gasteiger partial charge >= 0.3 is 5.97 Å². The van der Waals surface area contributed by atoms with Gasteiger partial charge in [0.1, 0.15) is 0 Å². The number of nitrogens with one attached hydrogen (secondary N) is 3. The molecule has 0 bridgehead atoms. The van der Waals surface area contributed by atoms with E-state index in [9.17, 15) is 19.2 Å². The molecule has 1 unspecified atom stereocenters. The number of piperazine rings is 1. The van der Waals surface area contributed by atoms with Gasteiger partial charge in [-0.1, -0.05) is 6.07 Å². The number of benzene rings is 1. The minimum absolute atomic E-state index is 0.134. The zero-order valence-corrected chi connectivity index (χ0v) is 17.5. The Morgan fingerprint density at radius 3 is 2.71 bits per heavy atom. The Balaban J connectivity index is 1.40. The second-order valence-electron chi connectivity index (χ2n) is 8.20. The molecule has 0 aliphatic carbocycles. The predicted molar refractivity (Wildman–Crippen MR) is 111 cm³/mol. The van der Waals surface area contributed by atoms with Gasteiger partial charge in [0.2, 0.25) is 11.8 Å². The first kappa shape index (κ1) is 21.5. The molecule has 0 aromatic heterocycles. The normalized spacial score (nSPS) is 21.4. The molecule has 31 heavy (non-hydrogen) atoms. The van der Waals surface area contributed by atoms with E-state index in [-0.39, 0.29) is 23.7 Å². The number of aryl methyl sites for hydroxylation is 1. The molecule has 2 fully saturated rings. The largest absolute Gasteiger partial charge is 0.368 e. The molecule has 2 saturated heterocycles. The van der Waals surface area contributed by atoms with Gasteiger partial charge in [0, 0.05) is 51.1 Å². The van der Waals surface area contributed by atoms with Crippen molar-refractivity contribution in [3.8, 4) is 0 Å². The van der Waals surface area contributed by atoms with Crippen LogP contribution in [0.1, 0.15) is 65.1 Å². The van der Waals surface area contributed by atoms with Gasteiger partial charge < -0.3 is 15.5 Å². The van der Waals surface area contributed by atoms with Crippen LogP contribution in [-0.2, 0) is 32.2 Å². The molecule has 166 valence electrons. The molecule has 9 heteroatoms. The summed E-state index contributed by atoms with van der Waals surface area (Å²) >= 11 is 0. The molecule has 3 aliphatic rings. The van der Waals surface area contributed by atoms with Crippen molar-refractivity contribution in [2.45, 2.75) is 51.0 Å². The molecule has 0 spiro atoms. The maximum absolute atomic E-state index is 12.5. The summed E-state index contributed by atoms with van der Waals surface area (Å²) in [6.07, 6.45) is 3.20. The standard InChI is InChI=1S/C22H28N4O5/c27-18-8-7-16(22(30)25-18)20-14(5-6-15-17(20)13-24-21(15)29)3-1-2-4-19(28)31-26-11-9-23-10-12-26/h5-6,16,23H,1-4,7-13H2,(H,24,29)(H,25,27,30). The summed E-state index contributed by atoms with van der Waals surface area (Å²) in [5.74, 6) is -1.35. The van der Waals surface area contributed by atoms with Crippen LogP contribution in [0.4, 0.5) is 0 Å². The fourth-order valence-electron chi connectivity index (χ4n) is 4.51. The fraction of sp³-hybridized carbons (Fsp3) is 0.545. The highest BCUT2D eigenvalue weighted by Crippen LogP contribution is 2.35. The van der Waals surface area contributed by atoms with E-state index in [4.69, 9.17) is 4.84 Å². The second kappa shape index (κ2) is 9.57. The lowest BCUT2D eigenvalue weighted by molar-refractivity contribution is -0.192. The number of fused-ring (bicyclic) bond motifs is 1.